The summed E-state index contributed by atoms with van der Waals surface area (Å²) in [5.74, 6) is -1.09. The molecule has 1 atom stereocenters. The summed E-state index contributed by atoms with van der Waals surface area (Å²) in [5.41, 5.74) is -1.56. The highest BCUT2D eigenvalue weighted by Crippen LogP contribution is 2.21. The lowest BCUT2D eigenvalue weighted by Gasteiger charge is -2.29. The molecule has 0 saturated carbocycles. The predicted molar refractivity (Wildman–Crippen MR) is 87.6 cm³/mol. The van der Waals surface area contributed by atoms with Crippen molar-refractivity contribution < 1.29 is 23.5 Å². The first-order valence-electron chi connectivity index (χ1n) is 7.00. The molecule has 0 bridgehead atoms. The fourth-order valence-corrected chi connectivity index (χ4v) is 2.56. The van der Waals surface area contributed by atoms with Crippen LogP contribution in [0.2, 0.25) is 0 Å². The quantitative estimate of drug-likeness (QED) is 0.799. The van der Waals surface area contributed by atoms with Gasteiger partial charge in [0.05, 0.1) is 7.11 Å². The van der Waals surface area contributed by atoms with Gasteiger partial charge in [0.2, 0.25) is 0 Å². The number of ether oxygens (including phenoxy) is 2. The molecule has 1 rings (SSSR count). The highest BCUT2D eigenvalue weighted by atomic mass is 79.9. The molecule has 5 nitrogen and oxygen atoms in total. The summed E-state index contributed by atoms with van der Waals surface area (Å²) in [5, 5.41) is 2.51. The largest absolute Gasteiger partial charge is 0.467 e. The Morgan fingerprint density at radius 3 is 2.30 bits per heavy atom. The third kappa shape index (κ3) is 6.17. The number of carbonyl (C=O) groups is 2. The van der Waals surface area contributed by atoms with Gasteiger partial charge >= 0.3 is 12.1 Å². The van der Waals surface area contributed by atoms with Gasteiger partial charge in [-0.05, 0) is 51.5 Å². The zero-order chi connectivity index (χ0) is 17.8. The van der Waals surface area contributed by atoms with Crippen LogP contribution in [0, 0.1) is 5.82 Å². The maximum Gasteiger partial charge on any atom is 0.408 e. The molecule has 1 aromatic carbocycles. The molecule has 0 aliphatic carbocycles. The number of halogens is 2. The van der Waals surface area contributed by atoms with Gasteiger partial charge in [-0.15, -0.1) is 0 Å². The van der Waals surface area contributed by atoms with E-state index in [1.54, 1.807) is 26.8 Å². The van der Waals surface area contributed by atoms with Gasteiger partial charge in [0.1, 0.15) is 17.0 Å². The lowest BCUT2D eigenvalue weighted by molar-refractivity contribution is -0.147. The van der Waals surface area contributed by atoms with Crippen LogP contribution in [-0.2, 0) is 20.7 Å². The first-order valence-corrected chi connectivity index (χ1v) is 7.79. The second-order valence-electron chi connectivity index (χ2n) is 6.41. The maximum absolute atomic E-state index is 13.5. The van der Waals surface area contributed by atoms with E-state index in [2.05, 4.69) is 21.2 Å². The van der Waals surface area contributed by atoms with E-state index in [-0.39, 0.29) is 6.42 Å². The summed E-state index contributed by atoms with van der Waals surface area (Å²) in [6.07, 6.45) is -0.698. The Bertz CT molecular complexity index is 580. The van der Waals surface area contributed by atoms with Crippen LogP contribution in [0.5, 0.6) is 0 Å². The summed E-state index contributed by atoms with van der Waals surface area (Å²) in [4.78, 5) is 24.1. The fraction of sp³-hybridized carbons (Fsp3) is 0.500. The van der Waals surface area contributed by atoms with E-state index >= 15 is 0 Å². The van der Waals surface area contributed by atoms with Crippen LogP contribution in [0.15, 0.2) is 22.7 Å². The number of hydrogen-bond donors (Lipinski definition) is 1. The van der Waals surface area contributed by atoms with Crippen molar-refractivity contribution in [2.24, 2.45) is 0 Å². The molecule has 0 radical (unpaired) electrons. The van der Waals surface area contributed by atoms with Gasteiger partial charge in [-0.1, -0.05) is 15.9 Å². The van der Waals surface area contributed by atoms with Crippen molar-refractivity contribution in [3.8, 4) is 0 Å². The number of methoxy groups -OCH3 is 1. The molecule has 0 aliphatic heterocycles. The molecule has 0 aliphatic rings. The molecule has 23 heavy (non-hydrogen) atoms. The Labute approximate surface area is 143 Å². The fourth-order valence-electron chi connectivity index (χ4n) is 2.04. The number of carbonyl (C=O) groups excluding carboxylic acids is 2. The van der Waals surface area contributed by atoms with Crippen LogP contribution >= 0.6 is 15.9 Å². The monoisotopic (exact) mass is 389 g/mol. The SMILES string of the molecule is COC(=O)C(C)(Cc1cc(F)cc(Br)c1)NC(=O)OC(C)(C)C. The Morgan fingerprint density at radius 2 is 1.83 bits per heavy atom. The molecule has 0 fully saturated rings. The number of rotatable bonds is 4. The Morgan fingerprint density at radius 1 is 1.22 bits per heavy atom. The molecule has 0 aromatic heterocycles. The van der Waals surface area contributed by atoms with E-state index in [1.165, 1.54) is 26.2 Å². The normalized spacial score (nSPS) is 13.9. The van der Waals surface area contributed by atoms with Crippen molar-refractivity contribution in [1.82, 2.24) is 5.32 Å². The standard InChI is InChI=1S/C16H21BrFNO4/c1-15(2,3)23-14(21)19-16(4,13(20)22-5)9-10-6-11(17)8-12(18)7-10/h6-8H,9H2,1-5H3,(H,19,21). The van der Waals surface area contributed by atoms with E-state index in [0.717, 1.165) is 0 Å². The number of alkyl carbamates (subject to hydrolysis) is 1. The minimum atomic E-state index is -1.38. The van der Waals surface area contributed by atoms with Gasteiger partial charge in [0.25, 0.3) is 0 Å². The molecule has 0 saturated heterocycles. The van der Waals surface area contributed by atoms with E-state index in [0.29, 0.717) is 10.0 Å². The van der Waals surface area contributed by atoms with Gasteiger partial charge < -0.3 is 14.8 Å². The molecule has 0 heterocycles. The first kappa shape index (κ1) is 19.4. The van der Waals surface area contributed by atoms with Crippen molar-refractivity contribution in [3.63, 3.8) is 0 Å². The van der Waals surface area contributed by atoms with Crippen LogP contribution in [0.3, 0.4) is 0 Å². The number of nitrogens with one attached hydrogen (secondary N) is 1. The average Bonchev–Trinajstić information content (AvgIpc) is 2.33. The van der Waals surface area contributed by atoms with Gasteiger partial charge in [0, 0.05) is 10.9 Å². The zero-order valence-corrected chi connectivity index (χ0v) is 15.4. The Kier molecular flexibility index (Phi) is 6.16. The molecule has 1 amide bonds. The molecule has 1 N–H and O–H groups in total. The number of hydrogen-bond acceptors (Lipinski definition) is 4. The van der Waals surface area contributed by atoms with E-state index in [1.807, 2.05) is 0 Å². The third-order valence-corrected chi connectivity index (χ3v) is 3.35. The van der Waals surface area contributed by atoms with Crippen molar-refractivity contribution in [3.05, 3.63) is 34.1 Å². The van der Waals surface area contributed by atoms with Crippen LogP contribution in [-0.4, -0.2) is 30.3 Å². The van der Waals surface area contributed by atoms with Gasteiger partial charge in [0.15, 0.2) is 0 Å². The number of benzene rings is 1. The molecular weight excluding hydrogens is 369 g/mol. The molecule has 1 unspecified atom stereocenters. The predicted octanol–water partition coefficient (Wildman–Crippen LogP) is 3.59. The summed E-state index contributed by atoms with van der Waals surface area (Å²) in [6.45, 7) is 6.64. The number of esters is 1. The van der Waals surface area contributed by atoms with Crippen molar-refractivity contribution in [2.75, 3.05) is 7.11 Å². The first-order chi connectivity index (χ1) is 10.4. The van der Waals surface area contributed by atoms with E-state index in [9.17, 15) is 14.0 Å². The van der Waals surface area contributed by atoms with Crippen LogP contribution < -0.4 is 5.32 Å². The van der Waals surface area contributed by atoms with Crippen LogP contribution in [0.1, 0.15) is 33.3 Å². The molecular formula is C16H21BrFNO4. The highest BCUT2D eigenvalue weighted by Gasteiger charge is 2.38. The minimum absolute atomic E-state index is 0.0509. The van der Waals surface area contributed by atoms with Crippen molar-refractivity contribution >= 4 is 28.0 Å². The zero-order valence-electron chi connectivity index (χ0n) is 13.8. The van der Waals surface area contributed by atoms with Crippen molar-refractivity contribution in [1.29, 1.82) is 0 Å². The van der Waals surface area contributed by atoms with E-state index in [4.69, 9.17) is 9.47 Å². The van der Waals surface area contributed by atoms with Crippen molar-refractivity contribution in [2.45, 2.75) is 45.3 Å². The van der Waals surface area contributed by atoms with Crippen LogP contribution in [0.4, 0.5) is 9.18 Å². The molecule has 7 heteroatoms. The topological polar surface area (TPSA) is 64.6 Å². The molecule has 1 aromatic rings. The Balaban J connectivity index is 3.02. The highest BCUT2D eigenvalue weighted by molar-refractivity contribution is 9.10. The lowest BCUT2D eigenvalue weighted by Crippen LogP contribution is -2.55. The second kappa shape index (κ2) is 7.29. The van der Waals surface area contributed by atoms with E-state index < -0.39 is 29.0 Å². The molecule has 0 spiro atoms. The number of amides is 1. The summed E-state index contributed by atoms with van der Waals surface area (Å²) in [7, 11) is 1.22. The third-order valence-electron chi connectivity index (χ3n) is 2.89. The summed E-state index contributed by atoms with van der Waals surface area (Å²) < 4.78 is 24.0. The van der Waals surface area contributed by atoms with Gasteiger partial charge in [-0.25, -0.2) is 14.0 Å². The minimum Gasteiger partial charge on any atom is -0.467 e. The second-order valence-corrected chi connectivity index (χ2v) is 7.32. The smallest absolute Gasteiger partial charge is 0.408 e. The molecule has 128 valence electrons. The van der Waals surface area contributed by atoms with Crippen LogP contribution in [0.25, 0.3) is 0 Å². The average molecular weight is 390 g/mol. The Hall–Kier alpha value is -1.63. The summed E-state index contributed by atoms with van der Waals surface area (Å²) in [6, 6.07) is 4.27. The summed E-state index contributed by atoms with van der Waals surface area (Å²) >= 11 is 3.20. The lowest BCUT2D eigenvalue weighted by atomic mass is 9.93. The van der Waals surface area contributed by atoms with Gasteiger partial charge in [-0.2, -0.15) is 0 Å². The van der Waals surface area contributed by atoms with Gasteiger partial charge in [-0.3, -0.25) is 0 Å². The maximum atomic E-state index is 13.5.